The Bertz CT molecular complexity index is 855. The van der Waals surface area contributed by atoms with Gasteiger partial charge in [-0.1, -0.05) is 0 Å². The number of hydroxylamine groups is 1. The maximum Gasteiger partial charge on any atom is 0.573 e. The van der Waals surface area contributed by atoms with Gasteiger partial charge in [0.2, 0.25) is 10.0 Å². The summed E-state index contributed by atoms with van der Waals surface area (Å²) in [7, 11) is -4.08. The quantitative estimate of drug-likeness (QED) is 0.477. The Morgan fingerprint density at radius 1 is 1.10 bits per heavy atom. The van der Waals surface area contributed by atoms with Gasteiger partial charge in [0.05, 0.1) is 0 Å². The van der Waals surface area contributed by atoms with Crippen molar-refractivity contribution in [2.45, 2.75) is 24.0 Å². The van der Waals surface area contributed by atoms with Gasteiger partial charge in [0, 0.05) is 57.9 Å². The summed E-state index contributed by atoms with van der Waals surface area (Å²) >= 11 is 0. The molecule has 2 saturated heterocycles. The van der Waals surface area contributed by atoms with Crippen LogP contribution in [0.25, 0.3) is 0 Å². The summed E-state index contributed by atoms with van der Waals surface area (Å²) in [5, 5.41) is 9.09. The normalized spacial score (nSPS) is 19.9. The Kier molecular flexibility index (Phi) is 8.03. The van der Waals surface area contributed by atoms with E-state index in [1.165, 1.54) is 34.1 Å². The lowest BCUT2D eigenvalue weighted by molar-refractivity contribution is -0.274. The van der Waals surface area contributed by atoms with Crippen LogP contribution < -0.4 is 15.1 Å². The number of piperazine rings is 1. The van der Waals surface area contributed by atoms with Crippen LogP contribution in [0.3, 0.4) is 0 Å². The molecule has 0 aromatic heterocycles. The number of sulfonamides is 1. The molecule has 0 saturated carbocycles. The average Bonchev–Trinajstić information content (AvgIpc) is 2.73. The molecule has 31 heavy (non-hydrogen) atoms. The van der Waals surface area contributed by atoms with E-state index >= 15 is 0 Å². The molecule has 2 fully saturated rings. The second-order valence-corrected chi connectivity index (χ2v) is 9.23. The first-order valence-corrected chi connectivity index (χ1v) is 10.7. The van der Waals surface area contributed by atoms with Crippen molar-refractivity contribution in [1.82, 2.24) is 9.79 Å². The number of rotatable bonds is 5. The summed E-state index contributed by atoms with van der Waals surface area (Å²) in [6.45, 7) is 0.908. The summed E-state index contributed by atoms with van der Waals surface area (Å²) in [6.07, 6.45) is -4.91. The summed E-state index contributed by atoms with van der Waals surface area (Å²) < 4.78 is 71.7. The molecule has 0 radical (unpaired) electrons. The number of hydrogen-bond donors (Lipinski definition) is 2. The van der Waals surface area contributed by atoms with Gasteiger partial charge in [0.15, 0.2) is 4.75 Å². The Labute approximate surface area is 183 Å². The fourth-order valence-corrected chi connectivity index (χ4v) is 5.80. The fourth-order valence-electron chi connectivity index (χ4n) is 3.70. The summed E-state index contributed by atoms with van der Waals surface area (Å²) in [5.41, 5.74) is 2.09. The second kappa shape index (κ2) is 9.77. The fraction of sp³-hybridized carbons (Fsp3) is 0.588. The van der Waals surface area contributed by atoms with E-state index in [1.54, 1.807) is 0 Å². The van der Waals surface area contributed by atoms with Crippen molar-refractivity contribution in [3.05, 3.63) is 24.3 Å². The third-order valence-corrected chi connectivity index (χ3v) is 7.95. The van der Waals surface area contributed by atoms with Crippen LogP contribution in [0.15, 0.2) is 24.3 Å². The zero-order valence-corrected chi connectivity index (χ0v) is 17.9. The molecular formula is C17H23ClF3N3O6S. The Morgan fingerprint density at radius 2 is 1.65 bits per heavy atom. The minimum absolute atomic E-state index is 0. The lowest BCUT2D eigenvalue weighted by Crippen LogP contribution is -2.62. The van der Waals surface area contributed by atoms with E-state index in [-0.39, 0.29) is 70.4 Å². The lowest BCUT2D eigenvalue weighted by Gasteiger charge is -2.42. The highest BCUT2D eigenvalue weighted by molar-refractivity contribution is 7.91. The van der Waals surface area contributed by atoms with Crippen LogP contribution in [-0.2, 0) is 19.6 Å². The van der Waals surface area contributed by atoms with Gasteiger partial charge in [0.25, 0.3) is 5.91 Å². The molecule has 0 bridgehead atoms. The second-order valence-electron chi connectivity index (χ2n) is 6.98. The minimum Gasteiger partial charge on any atom is -0.406 e. The monoisotopic (exact) mass is 489 g/mol. The third-order valence-electron chi connectivity index (χ3n) is 5.32. The van der Waals surface area contributed by atoms with E-state index in [9.17, 15) is 26.4 Å². The topological polar surface area (TPSA) is 108 Å². The van der Waals surface area contributed by atoms with Gasteiger partial charge >= 0.3 is 6.36 Å². The van der Waals surface area contributed by atoms with E-state index in [2.05, 4.69) is 4.74 Å². The molecule has 2 N–H and O–H groups in total. The molecule has 0 unspecified atom stereocenters. The first-order chi connectivity index (χ1) is 14.1. The van der Waals surface area contributed by atoms with Crippen molar-refractivity contribution in [3.8, 4) is 5.75 Å². The minimum atomic E-state index is -4.78. The smallest absolute Gasteiger partial charge is 0.406 e. The largest absolute Gasteiger partial charge is 0.573 e. The highest BCUT2D eigenvalue weighted by Crippen LogP contribution is 2.34. The summed E-state index contributed by atoms with van der Waals surface area (Å²) in [4.78, 5) is 14.1. The number of carbonyl (C=O) groups is 1. The predicted octanol–water partition coefficient (Wildman–Crippen LogP) is 1.51. The van der Waals surface area contributed by atoms with Gasteiger partial charge < -0.3 is 14.4 Å². The van der Waals surface area contributed by atoms with Crippen LogP contribution >= 0.6 is 12.4 Å². The van der Waals surface area contributed by atoms with Gasteiger partial charge in [-0.05, 0) is 24.3 Å². The Hall–Kier alpha value is -1.80. The number of carbonyl (C=O) groups excluding carboxylic acids is 1. The third kappa shape index (κ3) is 5.34. The first-order valence-electron chi connectivity index (χ1n) is 9.22. The number of nitrogens with zero attached hydrogens (tertiary/aromatic N) is 2. The number of hydrogen-bond acceptors (Lipinski definition) is 7. The molecule has 2 aliphatic heterocycles. The Morgan fingerprint density at radius 3 is 2.13 bits per heavy atom. The predicted molar refractivity (Wildman–Crippen MR) is 106 cm³/mol. The van der Waals surface area contributed by atoms with E-state index in [0.29, 0.717) is 5.69 Å². The summed E-state index contributed by atoms with van der Waals surface area (Å²) in [5.74, 6) is -1.32. The number of ether oxygens (including phenoxy) is 2. The molecule has 2 heterocycles. The number of alkyl halides is 3. The van der Waals surface area contributed by atoms with Crippen molar-refractivity contribution >= 4 is 34.0 Å². The molecule has 1 aromatic carbocycles. The maximum absolute atomic E-state index is 13.2. The maximum atomic E-state index is 13.2. The molecule has 176 valence electrons. The van der Waals surface area contributed by atoms with Crippen LogP contribution in [0.2, 0.25) is 0 Å². The molecule has 0 aliphatic carbocycles. The molecule has 9 nitrogen and oxygen atoms in total. The van der Waals surface area contributed by atoms with Crippen molar-refractivity contribution in [2.75, 3.05) is 44.3 Å². The summed E-state index contributed by atoms with van der Waals surface area (Å²) in [6, 6.07) is 5.30. The molecule has 0 atom stereocenters. The number of anilines is 1. The number of amides is 1. The van der Waals surface area contributed by atoms with Crippen LogP contribution in [0.4, 0.5) is 18.9 Å². The molecule has 2 aliphatic rings. The zero-order chi connectivity index (χ0) is 22.0. The zero-order valence-electron chi connectivity index (χ0n) is 16.3. The average molecular weight is 490 g/mol. The van der Waals surface area contributed by atoms with Crippen molar-refractivity contribution in [3.63, 3.8) is 0 Å². The van der Waals surface area contributed by atoms with Gasteiger partial charge in [-0.3, -0.25) is 10.0 Å². The van der Waals surface area contributed by atoms with Crippen molar-refractivity contribution in [1.29, 1.82) is 0 Å². The highest BCUT2D eigenvalue weighted by Gasteiger charge is 2.54. The van der Waals surface area contributed by atoms with Gasteiger partial charge in [-0.25, -0.2) is 13.9 Å². The van der Waals surface area contributed by atoms with Gasteiger partial charge in [-0.2, -0.15) is 4.31 Å². The number of nitrogens with one attached hydrogen (secondary N) is 1. The van der Waals surface area contributed by atoms with E-state index in [4.69, 9.17) is 9.94 Å². The highest BCUT2D eigenvalue weighted by atomic mass is 35.5. The molecule has 0 spiro atoms. The number of halogens is 4. The van der Waals surface area contributed by atoms with Crippen LogP contribution in [0, 0.1) is 0 Å². The van der Waals surface area contributed by atoms with Crippen molar-refractivity contribution in [2.24, 2.45) is 0 Å². The first kappa shape index (κ1) is 25.5. The van der Waals surface area contributed by atoms with Crippen molar-refractivity contribution < 1.29 is 41.1 Å². The van der Waals surface area contributed by atoms with E-state index in [0.717, 1.165) is 0 Å². The molecule has 14 heteroatoms. The van der Waals surface area contributed by atoms with Crippen LogP contribution in [0.5, 0.6) is 5.75 Å². The SMILES string of the molecule is Cl.O=C(NO)C1(S(=O)(=O)N2CCN(c3ccc(OC(F)(F)F)cc3)CC2)CCOCC1. The van der Waals surface area contributed by atoms with E-state index < -0.39 is 27.0 Å². The van der Waals surface area contributed by atoms with Crippen LogP contribution in [0.1, 0.15) is 12.8 Å². The van der Waals surface area contributed by atoms with Crippen LogP contribution in [-0.4, -0.2) is 74.3 Å². The molecular weight excluding hydrogens is 467 g/mol. The van der Waals surface area contributed by atoms with E-state index in [1.807, 2.05) is 4.90 Å². The standard InChI is InChI=1S/C17H22F3N3O6S.ClH/c18-17(19,20)29-14-3-1-13(2-4-14)22-7-9-23(10-8-22)30(26,27)16(15(24)21-25)5-11-28-12-6-16;/h1-4,25H,5-12H2,(H,21,24);1H. The van der Waals surface area contributed by atoms with Gasteiger partial charge in [0.1, 0.15) is 5.75 Å². The molecule has 3 rings (SSSR count). The Balaban J connectivity index is 0.00000341. The molecule has 1 amide bonds. The van der Waals surface area contributed by atoms with Gasteiger partial charge in [-0.15, -0.1) is 25.6 Å². The number of benzene rings is 1. The molecule has 1 aromatic rings. The lowest BCUT2D eigenvalue weighted by atomic mass is 9.98.